The Labute approximate surface area is 189 Å². The van der Waals surface area contributed by atoms with Crippen molar-refractivity contribution in [2.24, 2.45) is 5.73 Å². The Hall–Kier alpha value is -3.36. The third-order valence-electron chi connectivity index (χ3n) is 4.91. The quantitative estimate of drug-likeness (QED) is 0.302. The zero-order chi connectivity index (χ0) is 22.2. The smallest absolute Gasteiger partial charge is 0.0355 e. The number of fused-ring (bicyclic) bond motifs is 3. The molecule has 5 rings (SSSR count). The fourth-order valence-electron chi connectivity index (χ4n) is 3.30. The average Bonchev–Trinajstić information content (AvgIpc) is 3.20. The monoisotopic (exact) mass is 423 g/mol. The molecule has 0 radical (unpaired) electrons. The van der Waals surface area contributed by atoms with Gasteiger partial charge < -0.3 is 5.73 Å². The van der Waals surface area contributed by atoms with Gasteiger partial charge in [0.2, 0.25) is 0 Å². The normalized spacial score (nSPS) is 10.0. The lowest BCUT2D eigenvalue weighted by Gasteiger charge is -2.03. The van der Waals surface area contributed by atoms with Crippen molar-refractivity contribution in [3.05, 3.63) is 115 Å². The predicted molar refractivity (Wildman–Crippen MR) is 141 cm³/mol. The number of thiophene rings is 1. The zero-order valence-corrected chi connectivity index (χ0v) is 19.2. The molecule has 0 aliphatic heterocycles. The number of hydrogen-bond acceptors (Lipinski definition) is 2. The highest BCUT2D eigenvalue weighted by Crippen LogP contribution is 2.36. The molecule has 0 fully saturated rings. The van der Waals surface area contributed by atoms with Crippen LogP contribution in [0.25, 0.3) is 37.0 Å². The lowest BCUT2D eigenvalue weighted by Crippen LogP contribution is -1.91. The molecule has 156 valence electrons. The molecule has 1 nitrogen and oxygen atoms in total. The van der Waals surface area contributed by atoms with Crippen molar-refractivity contribution in [3.8, 4) is 11.1 Å². The third-order valence-corrected chi connectivity index (χ3v) is 6.06. The van der Waals surface area contributed by atoms with Gasteiger partial charge in [0.25, 0.3) is 0 Å². The summed E-state index contributed by atoms with van der Waals surface area (Å²) in [7, 11) is 0. The number of nitrogens with two attached hydrogens (primary N) is 1. The predicted octanol–water partition coefficient (Wildman–Crippen LogP) is 8.67. The van der Waals surface area contributed by atoms with Crippen molar-refractivity contribution >= 4 is 37.2 Å². The molecule has 4 aromatic carbocycles. The maximum absolute atomic E-state index is 5.42. The summed E-state index contributed by atoms with van der Waals surface area (Å²) < 4.78 is 2.73. The Kier molecular flexibility index (Phi) is 7.64. The van der Waals surface area contributed by atoms with Crippen LogP contribution in [0.1, 0.15) is 25.0 Å². The molecule has 0 unspecified atom stereocenters. The lowest BCUT2D eigenvalue weighted by molar-refractivity contribution is 1.47. The van der Waals surface area contributed by atoms with Gasteiger partial charge in [0.1, 0.15) is 0 Å². The van der Waals surface area contributed by atoms with E-state index in [2.05, 4.69) is 80.2 Å². The summed E-state index contributed by atoms with van der Waals surface area (Å²) in [5.41, 5.74) is 10.9. The van der Waals surface area contributed by atoms with Crippen LogP contribution < -0.4 is 5.73 Å². The molecule has 0 aliphatic carbocycles. The van der Waals surface area contributed by atoms with Crippen LogP contribution in [-0.4, -0.2) is 0 Å². The van der Waals surface area contributed by atoms with Crippen molar-refractivity contribution in [2.75, 3.05) is 0 Å². The van der Waals surface area contributed by atoms with Gasteiger partial charge in [-0.25, -0.2) is 0 Å². The standard InChI is InChI=1S/C19H14S.C8H9N.C2H6/c1-13-6-8-14(9-7-13)15-10-11-19-17(12-15)16-4-2-3-5-18(16)20-19;1-7(9)8-5-3-2-4-6-8;1-2/h2-12H,1H3;2-6H,1,9H2;1-2H3. The number of rotatable bonds is 2. The van der Waals surface area contributed by atoms with Crippen molar-refractivity contribution in [3.63, 3.8) is 0 Å². The second kappa shape index (κ2) is 10.6. The van der Waals surface area contributed by atoms with Gasteiger partial charge in [-0.15, -0.1) is 11.3 Å². The van der Waals surface area contributed by atoms with Gasteiger partial charge in [-0.1, -0.05) is 105 Å². The first kappa shape index (κ1) is 22.3. The van der Waals surface area contributed by atoms with Crippen LogP contribution in [0, 0.1) is 6.92 Å². The summed E-state index contributed by atoms with van der Waals surface area (Å²) >= 11 is 1.87. The minimum absolute atomic E-state index is 0.621. The molecule has 0 spiro atoms. The van der Waals surface area contributed by atoms with E-state index >= 15 is 0 Å². The molecule has 1 heterocycles. The largest absolute Gasteiger partial charge is 0.399 e. The Morgan fingerprint density at radius 2 is 1.26 bits per heavy atom. The topological polar surface area (TPSA) is 26.0 Å². The van der Waals surface area contributed by atoms with E-state index in [0.717, 1.165) is 5.56 Å². The molecule has 2 N–H and O–H groups in total. The van der Waals surface area contributed by atoms with E-state index in [1.165, 1.54) is 36.9 Å². The molecule has 0 saturated carbocycles. The molecule has 0 amide bonds. The Morgan fingerprint density at radius 3 is 1.90 bits per heavy atom. The molecule has 0 saturated heterocycles. The first-order valence-electron chi connectivity index (χ1n) is 10.6. The van der Waals surface area contributed by atoms with Crippen molar-refractivity contribution in [1.29, 1.82) is 0 Å². The Morgan fingerprint density at radius 1 is 0.677 bits per heavy atom. The van der Waals surface area contributed by atoms with Crippen LogP contribution in [0.5, 0.6) is 0 Å². The fourth-order valence-corrected chi connectivity index (χ4v) is 4.39. The number of benzene rings is 4. The van der Waals surface area contributed by atoms with Gasteiger partial charge in [0.15, 0.2) is 0 Å². The lowest BCUT2D eigenvalue weighted by atomic mass is 10.0. The molecular weight excluding hydrogens is 394 g/mol. The van der Waals surface area contributed by atoms with Crippen LogP contribution in [0.15, 0.2) is 104 Å². The molecule has 0 bridgehead atoms. The summed E-state index contributed by atoms with van der Waals surface area (Å²) in [5.74, 6) is 0. The molecule has 5 aromatic rings. The van der Waals surface area contributed by atoms with Gasteiger partial charge in [-0.3, -0.25) is 0 Å². The first-order valence-corrected chi connectivity index (χ1v) is 11.4. The maximum Gasteiger partial charge on any atom is 0.0355 e. The van der Waals surface area contributed by atoms with E-state index in [4.69, 9.17) is 5.73 Å². The van der Waals surface area contributed by atoms with Gasteiger partial charge in [0, 0.05) is 25.9 Å². The molecule has 31 heavy (non-hydrogen) atoms. The summed E-state index contributed by atoms with van der Waals surface area (Å²) in [6, 6.07) is 33.9. The third kappa shape index (κ3) is 5.42. The van der Waals surface area contributed by atoms with E-state index in [0.29, 0.717) is 5.70 Å². The summed E-state index contributed by atoms with van der Waals surface area (Å²) in [6.45, 7) is 9.73. The highest BCUT2D eigenvalue weighted by molar-refractivity contribution is 7.25. The van der Waals surface area contributed by atoms with E-state index in [9.17, 15) is 0 Å². The van der Waals surface area contributed by atoms with Gasteiger partial charge in [-0.05, 0) is 41.8 Å². The van der Waals surface area contributed by atoms with Crippen LogP contribution in [0.2, 0.25) is 0 Å². The van der Waals surface area contributed by atoms with Crippen LogP contribution >= 0.6 is 11.3 Å². The summed E-state index contributed by atoms with van der Waals surface area (Å²) in [4.78, 5) is 0. The minimum atomic E-state index is 0.621. The second-order valence-electron chi connectivity index (χ2n) is 7.07. The number of hydrogen-bond donors (Lipinski definition) is 1. The van der Waals surface area contributed by atoms with Crippen molar-refractivity contribution in [1.82, 2.24) is 0 Å². The Bertz CT molecular complexity index is 1260. The first-order chi connectivity index (χ1) is 15.1. The zero-order valence-electron chi connectivity index (χ0n) is 18.4. The average molecular weight is 424 g/mol. The molecule has 1 aromatic heterocycles. The van der Waals surface area contributed by atoms with E-state index in [1.54, 1.807) is 0 Å². The van der Waals surface area contributed by atoms with E-state index in [-0.39, 0.29) is 0 Å². The Balaban J connectivity index is 0.000000209. The maximum atomic E-state index is 5.42. The molecule has 0 atom stereocenters. The van der Waals surface area contributed by atoms with Gasteiger partial charge in [0.05, 0.1) is 0 Å². The van der Waals surface area contributed by atoms with Crippen molar-refractivity contribution in [2.45, 2.75) is 20.8 Å². The van der Waals surface area contributed by atoms with Crippen LogP contribution in [0.4, 0.5) is 0 Å². The molecule has 0 aliphatic rings. The SMILES string of the molecule is C=C(N)c1ccccc1.CC.Cc1ccc(-c2ccc3sc4ccccc4c3c2)cc1. The highest BCUT2D eigenvalue weighted by Gasteiger charge is 2.06. The number of aryl methyl sites for hydroxylation is 1. The van der Waals surface area contributed by atoms with Gasteiger partial charge >= 0.3 is 0 Å². The van der Waals surface area contributed by atoms with E-state index in [1.807, 2.05) is 55.5 Å². The minimum Gasteiger partial charge on any atom is -0.399 e. The summed E-state index contributed by atoms with van der Waals surface area (Å²) in [6.07, 6.45) is 0. The molecule has 2 heteroatoms. The fraction of sp³-hybridized carbons (Fsp3) is 0.103. The highest BCUT2D eigenvalue weighted by atomic mass is 32.1. The van der Waals surface area contributed by atoms with Crippen LogP contribution in [0.3, 0.4) is 0 Å². The van der Waals surface area contributed by atoms with E-state index < -0.39 is 0 Å². The van der Waals surface area contributed by atoms with Crippen LogP contribution in [-0.2, 0) is 0 Å². The van der Waals surface area contributed by atoms with Crippen molar-refractivity contribution < 1.29 is 0 Å². The second-order valence-corrected chi connectivity index (χ2v) is 8.15. The summed E-state index contributed by atoms with van der Waals surface area (Å²) in [5, 5.41) is 2.73. The van der Waals surface area contributed by atoms with Gasteiger partial charge in [-0.2, -0.15) is 0 Å². The molecular formula is C29H29NS.